The Morgan fingerprint density at radius 2 is 2.19 bits per heavy atom. The summed E-state index contributed by atoms with van der Waals surface area (Å²) < 4.78 is 0. The molecule has 1 atom stereocenters. The number of carbonyl (C=O) groups excluding carboxylic acids is 1. The number of aryl methyl sites for hydroxylation is 1. The number of aromatic nitrogens is 3. The van der Waals surface area contributed by atoms with Crippen molar-refractivity contribution in [2.24, 2.45) is 0 Å². The van der Waals surface area contributed by atoms with Gasteiger partial charge < -0.3 is 20.6 Å². The third kappa shape index (κ3) is 4.66. The van der Waals surface area contributed by atoms with E-state index in [9.17, 15) is 9.90 Å². The van der Waals surface area contributed by atoms with E-state index in [1.165, 1.54) is 6.33 Å². The fourth-order valence-corrected chi connectivity index (χ4v) is 2.98. The van der Waals surface area contributed by atoms with Gasteiger partial charge in [0.1, 0.15) is 23.8 Å². The first kappa shape index (κ1) is 18.1. The second-order valence-electron chi connectivity index (χ2n) is 6.38. The van der Waals surface area contributed by atoms with Crippen molar-refractivity contribution in [3.05, 3.63) is 36.3 Å². The van der Waals surface area contributed by atoms with Gasteiger partial charge in [0.25, 0.3) is 0 Å². The number of hydrogen-bond acceptors (Lipinski definition) is 7. The molecule has 8 heteroatoms. The molecule has 3 heterocycles. The van der Waals surface area contributed by atoms with Gasteiger partial charge in [-0.15, -0.1) is 0 Å². The number of aliphatic hydroxyl groups is 1. The molecule has 1 amide bonds. The molecule has 0 aliphatic carbocycles. The first-order chi connectivity index (χ1) is 12.7. The summed E-state index contributed by atoms with van der Waals surface area (Å²) >= 11 is 0. The zero-order chi connectivity index (χ0) is 18.4. The van der Waals surface area contributed by atoms with Crippen LogP contribution in [0.1, 0.15) is 24.8 Å². The van der Waals surface area contributed by atoms with Crippen LogP contribution in [0.2, 0.25) is 0 Å². The van der Waals surface area contributed by atoms with Gasteiger partial charge >= 0.3 is 0 Å². The zero-order valence-electron chi connectivity index (χ0n) is 14.9. The molecule has 1 saturated heterocycles. The second kappa shape index (κ2) is 8.57. The maximum absolute atomic E-state index is 12.0. The Hall–Kier alpha value is -2.74. The Kier molecular flexibility index (Phi) is 5.96. The van der Waals surface area contributed by atoms with E-state index in [2.05, 4.69) is 30.5 Å². The average Bonchev–Trinajstić information content (AvgIpc) is 3.13. The summed E-state index contributed by atoms with van der Waals surface area (Å²) in [6.07, 6.45) is 5.54. The molecule has 0 aromatic carbocycles. The fourth-order valence-electron chi connectivity index (χ4n) is 2.98. The van der Waals surface area contributed by atoms with Crippen LogP contribution in [0.25, 0.3) is 0 Å². The van der Waals surface area contributed by atoms with Crippen LogP contribution in [-0.2, 0) is 4.79 Å². The Bertz CT molecular complexity index is 737. The molecule has 1 unspecified atom stereocenters. The molecule has 1 aliphatic rings. The molecule has 3 rings (SSSR count). The minimum Gasteiger partial charge on any atom is -0.394 e. The minimum atomic E-state index is -0.108. The molecule has 2 aromatic rings. The summed E-state index contributed by atoms with van der Waals surface area (Å²) in [6, 6.07) is 5.66. The highest BCUT2D eigenvalue weighted by molar-refractivity contribution is 5.90. The highest BCUT2D eigenvalue weighted by Crippen LogP contribution is 2.24. The second-order valence-corrected chi connectivity index (χ2v) is 6.38. The first-order valence-electron chi connectivity index (χ1n) is 8.81. The van der Waals surface area contributed by atoms with Gasteiger partial charge in [0.15, 0.2) is 0 Å². The Morgan fingerprint density at radius 3 is 2.96 bits per heavy atom. The Labute approximate surface area is 152 Å². The first-order valence-corrected chi connectivity index (χ1v) is 8.81. The molecular weight excluding hydrogens is 332 g/mol. The molecule has 138 valence electrons. The van der Waals surface area contributed by atoms with Crippen molar-refractivity contribution < 1.29 is 9.90 Å². The Morgan fingerprint density at radius 1 is 1.31 bits per heavy atom. The van der Waals surface area contributed by atoms with E-state index in [4.69, 9.17) is 0 Å². The van der Waals surface area contributed by atoms with Crippen LogP contribution in [0.5, 0.6) is 0 Å². The molecule has 26 heavy (non-hydrogen) atoms. The van der Waals surface area contributed by atoms with Gasteiger partial charge in [0, 0.05) is 31.8 Å². The van der Waals surface area contributed by atoms with E-state index in [0.717, 1.165) is 30.8 Å². The van der Waals surface area contributed by atoms with Gasteiger partial charge in [-0.2, -0.15) is 0 Å². The van der Waals surface area contributed by atoms with Gasteiger partial charge in [0.2, 0.25) is 5.91 Å². The predicted octanol–water partition coefficient (Wildman–Crippen LogP) is 1.58. The molecule has 1 fully saturated rings. The number of rotatable bonds is 7. The summed E-state index contributed by atoms with van der Waals surface area (Å²) in [5, 5.41) is 15.4. The van der Waals surface area contributed by atoms with Crippen LogP contribution in [0, 0.1) is 6.92 Å². The molecular formula is C18H24N6O2. The van der Waals surface area contributed by atoms with Crippen molar-refractivity contribution in [1.29, 1.82) is 0 Å². The van der Waals surface area contributed by atoms with Crippen LogP contribution in [-0.4, -0.2) is 51.7 Å². The van der Waals surface area contributed by atoms with Crippen LogP contribution >= 0.6 is 0 Å². The smallest absolute Gasteiger partial charge is 0.227 e. The lowest BCUT2D eigenvalue weighted by atomic mass is 10.2. The monoisotopic (exact) mass is 356 g/mol. The number of carbonyl (C=O) groups is 1. The van der Waals surface area contributed by atoms with Crippen molar-refractivity contribution >= 4 is 23.4 Å². The van der Waals surface area contributed by atoms with Crippen molar-refractivity contribution in [3.63, 3.8) is 0 Å². The lowest BCUT2D eigenvalue weighted by Crippen LogP contribution is -2.32. The molecule has 0 spiro atoms. The normalized spacial score (nSPS) is 16.5. The molecule has 0 saturated carbocycles. The number of pyridine rings is 1. The van der Waals surface area contributed by atoms with Crippen molar-refractivity contribution in [2.45, 2.75) is 32.2 Å². The maximum Gasteiger partial charge on any atom is 0.227 e. The number of anilines is 3. The number of nitrogens with one attached hydrogen (secondary N) is 2. The van der Waals surface area contributed by atoms with Crippen molar-refractivity contribution in [2.75, 3.05) is 35.2 Å². The van der Waals surface area contributed by atoms with E-state index >= 15 is 0 Å². The summed E-state index contributed by atoms with van der Waals surface area (Å²) in [7, 11) is 0. The van der Waals surface area contributed by atoms with Crippen molar-refractivity contribution in [3.8, 4) is 0 Å². The fraction of sp³-hybridized carbons (Fsp3) is 0.444. The molecule has 2 aromatic heterocycles. The number of hydrogen-bond donors (Lipinski definition) is 3. The lowest BCUT2D eigenvalue weighted by molar-refractivity contribution is -0.116. The zero-order valence-corrected chi connectivity index (χ0v) is 14.9. The minimum absolute atomic E-state index is 0.108. The largest absolute Gasteiger partial charge is 0.394 e. The quantitative estimate of drug-likeness (QED) is 0.692. The van der Waals surface area contributed by atoms with E-state index in [1.807, 2.05) is 19.1 Å². The van der Waals surface area contributed by atoms with Gasteiger partial charge in [-0.3, -0.25) is 4.79 Å². The van der Waals surface area contributed by atoms with E-state index in [-0.39, 0.29) is 18.6 Å². The molecule has 1 aliphatic heterocycles. The third-order valence-electron chi connectivity index (χ3n) is 4.37. The summed E-state index contributed by atoms with van der Waals surface area (Å²) in [5.41, 5.74) is 1.05. The number of amides is 1. The maximum atomic E-state index is 12.0. The van der Waals surface area contributed by atoms with Crippen LogP contribution in [0.15, 0.2) is 30.7 Å². The molecule has 0 radical (unpaired) electrons. The van der Waals surface area contributed by atoms with Crippen molar-refractivity contribution in [1.82, 2.24) is 15.0 Å². The number of aliphatic hydroxyl groups excluding tert-OH is 1. The van der Waals surface area contributed by atoms with Crippen LogP contribution in [0.4, 0.5) is 17.5 Å². The lowest BCUT2D eigenvalue weighted by Gasteiger charge is -2.24. The molecule has 3 N–H and O–H groups in total. The Balaban J connectivity index is 1.49. The van der Waals surface area contributed by atoms with E-state index < -0.39 is 0 Å². The van der Waals surface area contributed by atoms with Gasteiger partial charge in [-0.25, -0.2) is 15.0 Å². The van der Waals surface area contributed by atoms with Gasteiger partial charge in [0.05, 0.1) is 12.6 Å². The predicted molar refractivity (Wildman–Crippen MR) is 100 cm³/mol. The van der Waals surface area contributed by atoms with Gasteiger partial charge in [-0.1, -0.05) is 6.07 Å². The summed E-state index contributed by atoms with van der Waals surface area (Å²) in [4.78, 5) is 26.7. The summed E-state index contributed by atoms with van der Waals surface area (Å²) in [5.74, 6) is 1.91. The standard InChI is InChI=1S/C18H24N6O2/c1-13-4-5-15(20-10-13)23-18(26)6-7-19-16-9-17(22-12-21-16)24-8-2-3-14(24)11-25/h4-5,9-10,12,14,25H,2-3,6-8,11H2,1H3,(H,19,21,22)(H,20,23,26). The van der Waals surface area contributed by atoms with Crippen LogP contribution < -0.4 is 15.5 Å². The highest BCUT2D eigenvalue weighted by atomic mass is 16.3. The SMILES string of the molecule is Cc1ccc(NC(=O)CCNc2cc(N3CCCC3CO)ncn2)nc1. The van der Waals surface area contributed by atoms with Gasteiger partial charge in [-0.05, 0) is 31.4 Å². The van der Waals surface area contributed by atoms with E-state index in [0.29, 0.717) is 24.6 Å². The van der Waals surface area contributed by atoms with Crippen LogP contribution in [0.3, 0.4) is 0 Å². The topological polar surface area (TPSA) is 103 Å². The molecule has 0 bridgehead atoms. The molecule has 8 nitrogen and oxygen atoms in total. The third-order valence-corrected chi connectivity index (χ3v) is 4.37. The highest BCUT2D eigenvalue weighted by Gasteiger charge is 2.25. The number of nitrogens with zero attached hydrogens (tertiary/aromatic N) is 4. The summed E-state index contributed by atoms with van der Waals surface area (Å²) in [6.45, 7) is 3.41. The van der Waals surface area contributed by atoms with E-state index in [1.54, 1.807) is 12.3 Å². The average molecular weight is 356 g/mol.